The summed E-state index contributed by atoms with van der Waals surface area (Å²) in [5, 5.41) is 2.51. The average Bonchev–Trinajstić information content (AvgIpc) is 3.02. The van der Waals surface area contributed by atoms with Gasteiger partial charge < -0.3 is 15.0 Å². The smallest absolute Gasteiger partial charge is 0.410 e. The zero-order chi connectivity index (χ0) is 14.3. The molecule has 2 aliphatic carbocycles. The molecule has 0 aliphatic heterocycles. The second-order valence-corrected chi connectivity index (χ2v) is 5.76. The van der Waals surface area contributed by atoms with Crippen molar-refractivity contribution in [3.8, 4) is 5.75 Å². The molecule has 1 amide bonds. The molecule has 2 atom stereocenters. The summed E-state index contributed by atoms with van der Waals surface area (Å²) in [6.45, 7) is 0.916. The number of benzene rings is 1. The Bertz CT molecular complexity index is 578. The molecule has 0 spiro atoms. The molecule has 1 aromatic carbocycles. The van der Waals surface area contributed by atoms with Crippen LogP contribution in [0.4, 0.5) is 4.79 Å². The fraction of sp³-hybridized carbons (Fsp3) is 0.438. The van der Waals surface area contributed by atoms with Crippen molar-refractivity contribution in [3.05, 3.63) is 41.0 Å². The number of nitrogens with one attached hydrogen (secondary N) is 1. The second kappa shape index (κ2) is 4.94. The Hall–Kier alpha value is -1.81. The Morgan fingerprint density at radius 2 is 2.00 bits per heavy atom. The van der Waals surface area contributed by atoms with Crippen molar-refractivity contribution in [2.45, 2.75) is 24.8 Å². The van der Waals surface area contributed by atoms with E-state index < -0.39 is 6.09 Å². The minimum absolute atomic E-state index is 0.400. The lowest BCUT2D eigenvalue weighted by atomic mass is 9.91. The van der Waals surface area contributed by atoms with E-state index in [0.29, 0.717) is 17.6 Å². The largest absolute Gasteiger partial charge is 0.412 e. The van der Waals surface area contributed by atoms with E-state index in [-0.39, 0.29) is 0 Å². The molecule has 0 saturated heterocycles. The number of fused-ring (bicyclic) bond motifs is 5. The zero-order valence-corrected chi connectivity index (χ0v) is 12.1. The molecule has 0 radical (unpaired) electrons. The van der Waals surface area contributed by atoms with Gasteiger partial charge in [0.25, 0.3) is 0 Å². The van der Waals surface area contributed by atoms with Gasteiger partial charge in [0.2, 0.25) is 0 Å². The van der Waals surface area contributed by atoms with Crippen LogP contribution in [-0.2, 0) is 6.54 Å². The summed E-state index contributed by atoms with van der Waals surface area (Å²) >= 11 is 0. The summed E-state index contributed by atoms with van der Waals surface area (Å²) in [7, 11) is 5.73. The van der Waals surface area contributed by atoms with Crippen LogP contribution in [0.25, 0.3) is 0 Å². The molecule has 1 N–H and O–H groups in total. The molecule has 0 heterocycles. The van der Waals surface area contributed by atoms with Crippen LogP contribution in [-0.4, -0.2) is 32.1 Å². The van der Waals surface area contributed by atoms with Crippen LogP contribution in [0.1, 0.15) is 34.9 Å². The van der Waals surface area contributed by atoms with E-state index in [1.54, 1.807) is 7.05 Å². The Morgan fingerprint density at radius 1 is 1.30 bits per heavy atom. The summed E-state index contributed by atoms with van der Waals surface area (Å²) in [5.74, 6) is 1.59. The lowest BCUT2D eigenvalue weighted by molar-refractivity contribution is 0.202. The van der Waals surface area contributed by atoms with Gasteiger partial charge in [0, 0.05) is 31.0 Å². The van der Waals surface area contributed by atoms with Crippen LogP contribution in [0.15, 0.2) is 24.3 Å². The number of nitrogens with zero attached hydrogens (tertiary/aromatic N) is 1. The molecule has 1 aromatic rings. The highest BCUT2D eigenvalue weighted by molar-refractivity contribution is 5.72. The van der Waals surface area contributed by atoms with E-state index in [1.807, 2.05) is 6.07 Å². The Labute approximate surface area is 119 Å². The number of hydrogen-bond acceptors (Lipinski definition) is 3. The minimum Gasteiger partial charge on any atom is -0.410 e. The lowest BCUT2D eigenvalue weighted by Gasteiger charge is -2.21. The molecule has 0 saturated carbocycles. The molecule has 2 bridgehead atoms. The van der Waals surface area contributed by atoms with Crippen molar-refractivity contribution in [1.29, 1.82) is 0 Å². The van der Waals surface area contributed by atoms with E-state index in [2.05, 4.69) is 42.5 Å². The van der Waals surface area contributed by atoms with E-state index in [1.165, 1.54) is 16.7 Å². The first kappa shape index (κ1) is 13.2. The maximum Gasteiger partial charge on any atom is 0.412 e. The maximum absolute atomic E-state index is 11.5. The van der Waals surface area contributed by atoms with Crippen molar-refractivity contribution in [2.75, 3.05) is 21.1 Å². The molecule has 4 nitrogen and oxygen atoms in total. The van der Waals surface area contributed by atoms with E-state index in [9.17, 15) is 4.79 Å². The van der Waals surface area contributed by atoms with Gasteiger partial charge in [0.05, 0.1) is 0 Å². The number of rotatable bonds is 3. The quantitative estimate of drug-likeness (QED) is 0.860. The Kier molecular flexibility index (Phi) is 3.26. The predicted molar refractivity (Wildman–Crippen MR) is 78.2 cm³/mol. The van der Waals surface area contributed by atoms with Gasteiger partial charge in [-0.2, -0.15) is 0 Å². The van der Waals surface area contributed by atoms with Gasteiger partial charge in [-0.3, -0.25) is 0 Å². The monoisotopic (exact) mass is 272 g/mol. The normalized spacial score (nSPS) is 22.2. The second-order valence-electron chi connectivity index (χ2n) is 5.76. The molecule has 3 rings (SSSR count). The van der Waals surface area contributed by atoms with Crippen LogP contribution in [0, 0.1) is 0 Å². The highest BCUT2D eigenvalue weighted by Crippen LogP contribution is 2.53. The van der Waals surface area contributed by atoms with Crippen LogP contribution < -0.4 is 10.1 Å². The van der Waals surface area contributed by atoms with E-state index >= 15 is 0 Å². The fourth-order valence-corrected chi connectivity index (χ4v) is 3.33. The molecule has 2 unspecified atom stereocenters. The third-order valence-electron chi connectivity index (χ3n) is 4.06. The van der Waals surface area contributed by atoms with Gasteiger partial charge in [0.1, 0.15) is 5.75 Å². The third kappa shape index (κ3) is 2.10. The van der Waals surface area contributed by atoms with Gasteiger partial charge in [0.15, 0.2) is 0 Å². The molecule has 2 aliphatic rings. The first-order valence-corrected chi connectivity index (χ1v) is 6.98. The summed E-state index contributed by atoms with van der Waals surface area (Å²) in [5.41, 5.74) is 3.92. The van der Waals surface area contributed by atoms with Crippen molar-refractivity contribution >= 4 is 6.09 Å². The molecule has 4 heteroatoms. The van der Waals surface area contributed by atoms with Gasteiger partial charge >= 0.3 is 6.09 Å². The molecular weight excluding hydrogens is 252 g/mol. The van der Waals surface area contributed by atoms with Crippen LogP contribution in [0.2, 0.25) is 0 Å². The van der Waals surface area contributed by atoms with Gasteiger partial charge in [-0.1, -0.05) is 18.2 Å². The maximum atomic E-state index is 11.5. The molecule has 0 fully saturated rings. The molecule has 106 valence electrons. The van der Waals surface area contributed by atoms with Crippen molar-refractivity contribution in [3.63, 3.8) is 0 Å². The number of hydrogen-bond donors (Lipinski definition) is 1. The topological polar surface area (TPSA) is 41.6 Å². The SMILES string of the molecule is CNC(=O)Oc1ccc(CN(C)C)c2c1C1C=CC2C1. The highest BCUT2D eigenvalue weighted by atomic mass is 16.6. The van der Waals surface area contributed by atoms with Crippen molar-refractivity contribution in [1.82, 2.24) is 10.2 Å². The standard InChI is InChI=1S/C16H20N2O2/c1-17-16(19)20-13-7-6-12(9-18(2)3)14-10-4-5-11(8-10)15(13)14/h4-7,10-11H,8-9H2,1-3H3,(H,17,19). The van der Waals surface area contributed by atoms with Crippen molar-refractivity contribution < 1.29 is 9.53 Å². The highest BCUT2D eigenvalue weighted by Gasteiger charge is 2.37. The molecular formula is C16H20N2O2. The zero-order valence-electron chi connectivity index (χ0n) is 12.1. The fourth-order valence-electron chi connectivity index (χ4n) is 3.33. The molecule has 0 aromatic heterocycles. The number of carbonyl (C=O) groups is 1. The van der Waals surface area contributed by atoms with Gasteiger partial charge in [-0.25, -0.2) is 4.79 Å². The summed E-state index contributed by atoms with van der Waals surface area (Å²) in [4.78, 5) is 13.7. The first-order chi connectivity index (χ1) is 9.60. The lowest BCUT2D eigenvalue weighted by Crippen LogP contribution is -2.23. The van der Waals surface area contributed by atoms with Crippen molar-refractivity contribution in [2.24, 2.45) is 0 Å². The number of carbonyl (C=O) groups excluding carboxylic acids is 1. The first-order valence-electron chi connectivity index (χ1n) is 6.98. The Morgan fingerprint density at radius 3 is 2.65 bits per heavy atom. The van der Waals surface area contributed by atoms with Gasteiger partial charge in [-0.15, -0.1) is 0 Å². The number of amides is 1. The van der Waals surface area contributed by atoms with E-state index in [4.69, 9.17) is 4.74 Å². The molecule has 20 heavy (non-hydrogen) atoms. The minimum atomic E-state index is -0.403. The third-order valence-corrected chi connectivity index (χ3v) is 4.06. The average molecular weight is 272 g/mol. The van der Waals surface area contributed by atoms with Gasteiger partial charge in [-0.05, 0) is 37.7 Å². The van der Waals surface area contributed by atoms with E-state index in [0.717, 1.165) is 13.0 Å². The van der Waals surface area contributed by atoms with Crippen LogP contribution in [0.5, 0.6) is 5.75 Å². The number of allylic oxidation sites excluding steroid dienone is 2. The summed E-state index contributed by atoms with van der Waals surface area (Å²) in [6, 6.07) is 4.02. The van der Waals surface area contributed by atoms with Crippen LogP contribution in [0.3, 0.4) is 0 Å². The van der Waals surface area contributed by atoms with Crippen LogP contribution >= 0.6 is 0 Å². The summed E-state index contributed by atoms with van der Waals surface area (Å²) in [6.07, 6.45) is 5.24. The Balaban J connectivity index is 2.02. The predicted octanol–water partition coefficient (Wildman–Crippen LogP) is 2.61. The summed E-state index contributed by atoms with van der Waals surface area (Å²) < 4.78 is 5.42. The number of ether oxygens (including phenoxy) is 1.